The van der Waals surface area contributed by atoms with Gasteiger partial charge in [0.15, 0.2) is 5.78 Å². The summed E-state index contributed by atoms with van der Waals surface area (Å²) in [5, 5.41) is 0. The Kier molecular flexibility index (Phi) is 10.3. The molecule has 0 radical (unpaired) electrons. The standard InChI is InChI=1S/C25H34O2/c1-2-3-4-5-6-7-8-9-10-14-21-27-24-19-17-23(18-20-24)25(26)22-15-12-11-13-16-22/h11-13,15-20H,2-10,14,21H2,1H3. The Balaban J connectivity index is 1.56. The van der Waals surface area contributed by atoms with E-state index in [1.807, 2.05) is 54.6 Å². The van der Waals surface area contributed by atoms with Crippen molar-refractivity contribution < 1.29 is 9.53 Å². The summed E-state index contributed by atoms with van der Waals surface area (Å²) in [5.41, 5.74) is 1.42. The van der Waals surface area contributed by atoms with E-state index in [4.69, 9.17) is 4.74 Å². The third-order valence-electron chi connectivity index (χ3n) is 4.92. The number of unbranched alkanes of at least 4 members (excludes halogenated alkanes) is 9. The molecule has 0 fully saturated rings. The predicted molar refractivity (Wildman–Crippen MR) is 114 cm³/mol. The smallest absolute Gasteiger partial charge is 0.193 e. The first-order chi connectivity index (χ1) is 13.3. The van der Waals surface area contributed by atoms with Gasteiger partial charge in [-0.25, -0.2) is 0 Å². The van der Waals surface area contributed by atoms with Crippen LogP contribution in [0.3, 0.4) is 0 Å². The van der Waals surface area contributed by atoms with Crippen LogP contribution in [-0.2, 0) is 0 Å². The Morgan fingerprint density at radius 2 is 1.19 bits per heavy atom. The van der Waals surface area contributed by atoms with E-state index in [1.165, 1.54) is 57.8 Å². The van der Waals surface area contributed by atoms with Crippen molar-refractivity contribution in [3.63, 3.8) is 0 Å². The SMILES string of the molecule is CCCCCCCCCCCCOc1ccc(C(=O)c2ccccc2)cc1. The minimum Gasteiger partial charge on any atom is -0.494 e. The molecule has 2 aromatic carbocycles. The lowest BCUT2D eigenvalue weighted by molar-refractivity contribution is 0.103. The van der Waals surface area contributed by atoms with E-state index in [0.717, 1.165) is 24.3 Å². The molecule has 146 valence electrons. The van der Waals surface area contributed by atoms with E-state index < -0.39 is 0 Å². The zero-order valence-electron chi connectivity index (χ0n) is 16.8. The van der Waals surface area contributed by atoms with Gasteiger partial charge in [-0.05, 0) is 30.7 Å². The van der Waals surface area contributed by atoms with Gasteiger partial charge in [-0.15, -0.1) is 0 Å². The quantitative estimate of drug-likeness (QED) is 0.261. The van der Waals surface area contributed by atoms with Crippen LogP contribution in [0.15, 0.2) is 54.6 Å². The van der Waals surface area contributed by atoms with Crippen molar-refractivity contribution in [3.05, 3.63) is 65.7 Å². The average Bonchev–Trinajstić information content (AvgIpc) is 2.72. The molecule has 0 aliphatic carbocycles. The molecule has 2 heteroatoms. The van der Waals surface area contributed by atoms with Crippen molar-refractivity contribution in [1.29, 1.82) is 0 Å². The fraction of sp³-hybridized carbons (Fsp3) is 0.480. The maximum absolute atomic E-state index is 12.4. The molecule has 0 aromatic heterocycles. The molecule has 0 aliphatic heterocycles. The maximum atomic E-state index is 12.4. The molecule has 0 unspecified atom stereocenters. The van der Waals surface area contributed by atoms with Crippen LogP contribution >= 0.6 is 0 Å². The van der Waals surface area contributed by atoms with Gasteiger partial charge in [0.2, 0.25) is 0 Å². The Labute approximate surface area is 165 Å². The third-order valence-corrected chi connectivity index (χ3v) is 4.92. The lowest BCUT2D eigenvalue weighted by atomic mass is 10.0. The molecule has 0 atom stereocenters. The zero-order valence-corrected chi connectivity index (χ0v) is 16.8. The summed E-state index contributed by atoms with van der Waals surface area (Å²) in [6.07, 6.45) is 13.3. The predicted octanol–water partition coefficient (Wildman–Crippen LogP) is 7.22. The molecule has 2 nitrogen and oxygen atoms in total. The van der Waals surface area contributed by atoms with Crippen molar-refractivity contribution in [2.24, 2.45) is 0 Å². The van der Waals surface area contributed by atoms with Crippen molar-refractivity contribution in [2.75, 3.05) is 6.61 Å². The Hall–Kier alpha value is -2.09. The van der Waals surface area contributed by atoms with Gasteiger partial charge < -0.3 is 4.74 Å². The molecule has 0 N–H and O–H groups in total. The number of rotatable bonds is 14. The summed E-state index contributed by atoms with van der Waals surface area (Å²) < 4.78 is 5.81. The van der Waals surface area contributed by atoms with Gasteiger partial charge in [0, 0.05) is 11.1 Å². The second-order valence-electron chi connectivity index (χ2n) is 7.25. The van der Waals surface area contributed by atoms with Gasteiger partial charge >= 0.3 is 0 Å². The van der Waals surface area contributed by atoms with E-state index in [0.29, 0.717) is 5.56 Å². The average molecular weight is 367 g/mol. The summed E-state index contributed by atoms with van der Waals surface area (Å²) in [6, 6.07) is 16.9. The first-order valence-corrected chi connectivity index (χ1v) is 10.6. The highest BCUT2D eigenvalue weighted by atomic mass is 16.5. The van der Waals surface area contributed by atoms with E-state index >= 15 is 0 Å². The van der Waals surface area contributed by atoms with Crippen molar-refractivity contribution in [3.8, 4) is 5.75 Å². The number of hydrogen-bond acceptors (Lipinski definition) is 2. The number of ketones is 1. The molecule has 0 saturated heterocycles. The van der Waals surface area contributed by atoms with Gasteiger partial charge in [-0.2, -0.15) is 0 Å². The minimum absolute atomic E-state index is 0.0526. The number of carbonyl (C=O) groups excluding carboxylic acids is 1. The highest BCUT2D eigenvalue weighted by Crippen LogP contribution is 2.16. The Morgan fingerprint density at radius 3 is 1.78 bits per heavy atom. The van der Waals surface area contributed by atoms with Gasteiger partial charge in [-0.3, -0.25) is 4.79 Å². The van der Waals surface area contributed by atoms with Crippen molar-refractivity contribution in [1.82, 2.24) is 0 Å². The molecule has 2 rings (SSSR count). The normalized spacial score (nSPS) is 10.7. The van der Waals surface area contributed by atoms with Crippen LogP contribution < -0.4 is 4.74 Å². The van der Waals surface area contributed by atoms with E-state index in [9.17, 15) is 4.79 Å². The minimum atomic E-state index is 0.0526. The third kappa shape index (κ3) is 8.43. The number of carbonyl (C=O) groups is 1. The maximum Gasteiger partial charge on any atom is 0.193 e. The van der Waals surface area contributed by atoms with Crippen molar-refractivity contribution >= 4 is 5.78 Å². The molecule has 0 bridgehead atoms. The molecule has 0 aliphatic rings. The molecule has 0 amide bonds. The summed E-state index contributed by atoms with van der Waals surface area (Å²) in [7, 11) is 0. The molecule has 0 saturated carbocycles. The lowest BCUT2D eigenvalue weighted by Gasteiger charge is -2.07. The zero-order chi connectivity index (χ0) is 19.2. The highest BCUT2D eigenvalue weighted by molar-refractivity contribution is 6.08. The van der Waals surface area contributed by atoms with E-state index in [-0.39, 0.29) is 5.78 Å². The van der Waals surface area contributed by atoms with Gasteiger partial charge in [0.25, 0.3) is 0 Å². The first kappa shape index (κ1) is 21.2. The first-order valence-electron chi connectivity index (χ1n) is 10.6. The molecule has 2 aromatic rings. The second-order valence-corrected chi connectivity index (χ2v) is 7.25. The molecular weight excluding hydrogens is 332 g/mol. The number of hydrogen-bond donors (Lipinski definition) is 0. The van der Waals surface area contributed by atoms with Crippen LogP contribution in [-0.4, -0.2) is 12.4 Å². The van der Waals surface area contributed by atoms with Crippen LogP contribution in [0.5, 0.6) is 5.75 Å². The van der Waals surface area contributed by atoms with E-state index in [2.05, 4.69) is 6.92 Å². The number of ether oxygens (including phenoxy) is 1. The van der Waals surface area contributed by atoms with Crippen LogP contribution in [0.25, 0.3) is 0 Å². The van der Waals surface area contributed by atoms with Crippen LogP contribution in [0.1, 0.15) is 87.1 Å². The van der Waals surface area contributed by atoms with Crippen LogP contribution in [0, 0.1) is 0 Å². The van der Waals surface area contributed by atoms with Gasteiger partial charge in [-0.1, -0.05) is 95.0 Å². The van der Waals surface area contributed by atoms with Gasteiger partial charge in [0.05, 0.1) is 6.61 Å². The fourth-order valence-corrected chi connectivity index (χ4v) is 3.24. The summed E-state index contributed by atoms with van der Waals surface area (Å²) in [4.78, 5) is 12.4. The van der Waals surface area contributed by atoms with Gasteiger partial charge in [0.1, 0.15) is 5.75 Å². The Bertz CT molecular complexity index is 631. The van der Waals surface area contributed by atoms with E-state index in [1.54, 1.807) is 0 Å². The topological polar surface area (TPSA) is 26.3 Å². The monoisotopic (exact) mass is 366 g/mol. The van der Waals surface area contributed by atoms with Crippen LogP contribution in [0.2, 0.25) is 0 Å². The molecular formula is C25H34O2. The lowest BCUT2D eigenvalue weighted by Crippen LogP contribution is -2.01. The molecule has 0 spiro atoms. The fourth-order valence-electron chi connectivity index (χ4n) is 3.24. The summed E-state index contributed by atoms with van der Waals surface area (Å²) >= 11 is 0. The summed E-state index contributed by atoms with van der Waals surface area (Å²) in [5.74, 6) is 0.896. The largest absolute Gasteiger partial charge is 0.494 e. The summed E-state index contributed by atoms with van der Waals surface area (Å²) in [6.45, 7) is 3.02. The second kappa shape index (κ2) is 13.1. The van der Waals surface area contributed by atoms with Crippen molar-refractivity contribution in [2.45, 2.75) is 71.1 Å². The Morgan fingerprint density at radius 1 is 0.667 bits per heavy atom. The van der Waals surface area contributed by atoms with Crippen LogP contribution in [0.4, 0.5) is 0 Å². The molecule has 27 heavy (non-hydrogen) atoms. The molecule has 0 heterocycles. The highest BCUT2D eigenvalue weighted by Gasteiger charge is 2.08. The number of benzene rings is 2.